The van der Waals surface area contributed by atoms with Gasteiger partial charge >= 0.3 is 5.97 Å². The van der Waals surface area contributed by atoms with Crippen LogP contribution in [0.4, 0.5) is 5.69 Å². The second kappa shape index (κ2) is 8.26. The highest BCUT2D eigenvalue weighted by Crippen LogP contribution is 2.19. The Morgan fingerprint density at radius 1 is 1.08 bits per heavy atom. The number of benzene rings is 2. The third-order valence-electron chi connectivity index (χ3n) is 3.92. The average Bonchev–Trinajstić information content (AvgIpc) is 2.60. The molecule has 0 unspecified atom stereocenters. The zero-order chi connectivity index (χ0) is 17.5. The number of carbonyl (C=O) groups excluding carboxylic acids is 1. The molecule has 0 bridgehead atoms. The number of nitrogen functional groups attached to an aromatic ring is 1. The fourth-order valence-electron chi connectivity index (χ4n) is 2.48. The second-order valence-corrected chi connectivity index (χ2v) is 5.62. The summed E-state index contributed by atoms with van der Waals surface area (Å²) in [7, 11) is 0. The Bertz CT molecular complexity index is 714. The number of carbonyl (C=O) groups is 2. The Kier molecular flexibility index (Phi) is 6.09. The van der Waals surface area contributed by atoms with Crippen molar-refractivity contribution in [1.82, 2.24) is 4.90 Å². The minimum Gasteiger partial charge on any atom is -0.481 e. The van der Waals surface area contributed by atoms with Gasteiger partial charge < -0.3 is 10.8 Å². The monoisotopic (exact) mass is 326 g/mol. The second-order valence-electron chi connectivity index (χ2n) is 5.62. The lowest BCUT2D eigenvalue weighted by molar-refractivity contribution is -0.137. The minimum absolute atomic E-state index is 0.0505. The summed E-state index contributed by atoms with van der Waals surface area (Å²) in [6.45, 7) is 3.65. The highest BCUT2D eigenvalue weighted by atomic mass is 16.4. The molecule has 0 radical (unpaired) electrons. The molecule has 0 atom stereocenters. The van der Waals surface area contributed by atoms with E-state index in [1.807, 2.05) is 30.0 Å². The van der Waals surface area contributed by atoms with Crippen LogP contribution in [-0.2, 0) is 11.3 Å². The van der Waals surface area contributed by atoms with Gasteiger partial charge in [0.25, 0.3) is 0 Å². The molecule has 0 saturated heterocycles. The lowest BCUT2D eigenvalue weighted by Crippen LogP contribution is -2.26. The zero-order valence-corrected chi connectivity index (χ0v) is 13.7. The van der Waals surface area contributed by atoms with E-state index in [0.717, 1.165) is 5.56 Å². The third kappa shape index (κ3) is 4.67. The van der Waals surface area contributed by atoms with Crippen LogP contribution in [0.1, 0.15) is 34.8 Å². The lowest BCUT2D eigenvalue weighted by Gasteiger charge is -2.20. The number of carboxylic acids is 1. The molecule has 0 saturated carbocycles. The SMILES string of the molecule is CCN(CCC(=O)O)Cc1cc(C(=O)c2ccccc2)ccc1N. The topological polar surface area (TPSA) is 83.6 Å². The standard InChI is InChI=1S/C19H22N2O3/c1-2-21(11-10-18(22)23)13-16-12-15(8-9-17(16)20)19(24)14-6-4-3-5-7-14/h3-9,12H,2,10-11,13,20H2,1H3,(H,22,23). The molecule has 2 aromatic rings. The van der Waals surface area contributed by atoms with Gasteiger partial charge in [-0.1, -0.05) is 37.3 Å². The molecule has 0 amide bonds. The van der Waals surface area contributed by atoms with Crippen LogP contribution in [0.2, 0.25) is 0 Å². The number of hydrogen-bond donors (Lipinski definition) is 2. The van der Waals surface area contributed by atoms with E-state index in [1.54, 1.807) is 30.3 Å². The van der Waals surface area contributed by atoms with Crippen LogP contribution in [0, 0.1) is 0 Å². The molecule has 0 aliphatic heterocycles. The van der Waals surface area contributed by atoms with Crippen molar-refractivity contribution >= 4 is 17.4 Å². The van der Waals surface area contributed by atoms with Crippen LogP contribution in [0.3, 0.4) is 0 Å². The molecular weight excluding hydrogens is 304 g/mol. The summed E-state index contributed by atoms with van der Waals surface area (Å²) >= 11 is 0. The summed E-state index contributed by atoms with van der Waals surface area (Å²) in [4.78, 5) is 25.3. The van der Waals surface area contributed by atoms with E-state index in [0.29, 0.717) is 36.4 Å². The van der Waals surface area contributed by atoms with E-state index in [4.69, 9.17) is 10.8 Å². The highest BCUT2D eigenvalue weighted by Gasteiger charge is 2.13. The van der Waals surface area contributed by atoms with E-state index >= 15 is 0 Å². The van der Waals surface area contributed by atoms with Gasteiger partial charge in [-0.3, -0.25) is 14.5 Å². The largest absolute Gasteiger partial charge is 0.481 e. The molecule has 2 rings (SSSR count). The molecular formula is C19H22N2O3. The molecule has 126 valence electrons. The van der Waals surface area contributed by atoms with Gasteiger partial charge in [0.05, 0.1) is 6.42 Å². The number of carboxylic acid groups (broad SMARTS) is 1. The molecule has 0 spiro atoms. The van der Waals surface area contributed by atoms with Gasteiger partial charge in [-0.05, 0) is 30.3 Å². The van der Waals surface area contributed by atoms with Gasteiger partial charge in [-0.2, -0.15) is 0 Å². The Labute approximate surface area is 141 Å². The van der Waals surface area contributed by atoms with E-state index in [-0.39, 0.29) is 12.2 Å². The number of anilines is 1. The van der Waals surface area contributed by atoms with Crippen molar-refractivity contribution in [3.63, 3.8) is 0 Å². The van der Waals surface area contributed by atoms with E-state index < -0.39 is 5.97 Å². The molecule has 5 heteroatoms. The van der Waals surface area contributed by atoms with Crippen molar-refractivity contribution in [2.24, 2.45) is 0 Å². The summed E-state index contributed by atoms with van der Waals surface area (Å²) in [5, 5.41) is 8.83. The van der Waals surface area contributed by atoms with Gasteiger partial charge in [-0.15, -0.1) is 0 Å². The van der Waals surface area contributed by atoms with Crippen molar-refractivity contribution in [3.05, 3.63) is 65.2 Å². The van der Waals surface area contributed by atoms with Gasteiger partial charge in [0.15, 0.2) is 5.78 Å². The van der Waals surface area contributed by atoms with Crippen molar-refractivity contribution in [2.45, 2.75) is 19.9 Å². The van der Waals surface area contributed by atoms with Crippen LogP contribution in [0.15, 0.2) is 48.5 Å². The molecule has 0 aliphatic carbocycles. The summed E-state index contributed by atoms with van der Waals surface area (Å²) in [5.41, 5.74) is 8.69. The van der Waals surface area contributed by atoms with Gasteiger partial charge in [0.2, 0.25) is 0 Å². The molecule has 5 nitrogen and oxygen atoms in total. The number of nitrogens with zero attached hydrogens (tertiary/aromatic N) is 1. The normalized spacial score (nSPS) is 10.8. The van der Waals surface area contributed by atoms with Gasteiger partial charge in [-0.25, -0.2) is 0 Å². The Morgan fingerprint density at radius 3 is 2.42 bits per heavy atom. The fourth-order valence-corrected chi connectivity index (χ4v) is 2.48. The Hall–Kier alpha value is -2.66. The molecule has 0 aromatic heterocycles. The first-order valence-electron chi connectivity index (χ1n) is 7.93. The Balaban J connectivity index is 2.19. The third-order valence-corrected chi connectivity index (χ3v) is 3.92. The highest BCUT2D eigenvalue weighted by molar-refractivity contribution is 6.09. The number of aliphatic carboxylic acids is 1. The van der Waals surface area contributed by atoms with E-state index in [2.05, 4.69) is 0 Å². The fraction of sp³-hybridized carbons (Fsp3) is 0.263. The van der Waals surface area contributed by atoms with E-state index in [9.17, 15) is 9.59 Å². The molecule has 0 aliphatic rings. The van der Waals surface area contributed by atoms with Gasteiger partial charge in [0, 0.05) is 29.9 Å². The molecule has 3 N–H and O–H groups in total. The smallest absolute Gasteiger partial charge is 0.304 e. The molecule has 24 heavy (non-hydrogen) atoms. The summed E-state index contributed by atoms with van der Waals surface area (Å²) in [6, 6.07) is 14.3. The summed E-state index contributed by atoms with van der Waals surface area (Å²) in [6.07, 6.45) is 0.0797. The number of hydrogen-bond acceptors (Lipinski definition) is 4. The number of ketones is 1. The first-order chi connectivity index (χ1) is 11.5. The predicted octanol–water partition coefficient (Wildman–Crippen LogP) is 2.80. The van der Waals surface area contributed by atoms with Crippen molar-refractivity contribution in [3.8, 4) is 0 Å². The predicted molar refractivity (Wildman–Crippen MR) is 93.9 cm³/mol. The number of nitrogens with two attached hydrogens (primary N) is 1. The first-order valence-corrected chi connectivity index (χ1v) is 7.93. The van der Waals surface area contributed by atoms with E-state index in [1.165, 1.54) is 0 Å². The molecule has 0 heterocycles. The summed E-state index contributed by atoms with van der Waals surface area (Å²) < 4.78 is 0. The van der Waals surface area contributed by atoms with Gasteiger partial charge in [0.1, 0.15) is 0 Å². The van der Waals surface area contributed by atoms with Crippen molar-refractivity contribution in [2.75, 3.05) is 18.8 Å². The van der Waals surface area contributed by atoms with Crippen molar-refractivity contribution in [1.29, 1.82) is 0 Å². The maximum absolute atomic E-state index is 12.5. The van der Waals surface area contributed by atoms with Crippen LogP contribution < -0.4 is 5.73 Å². The van der Waals surface area contributed by atoms with Crippen LogP contribution in [0.5, 0.6) is 0 Å². The molecule has 2 aromatic carbocycles. The Morgan fingerprint density at radius 2 is 1.79 bits per heavy atom. The maximum atomic E-state index is 12.5. The first kappa shape index (κ1) is 17.7. The maximum Gasteiger partial charge on any atom is 0.304 e. The molecule has 0 fully saturated rings. The van der Waals surface area contributed by atoms with Crippen LogP contribution >= 0.6 is 0 Å². The van der Waals surface area contributed by atoms with Crippen LogP contribution in [0.25, 0.3) is 0 Å². The minimum atomic E-state index is -0.825. The van der Waals surface area contributed by atoms with Crippen LogP contribution in [-0.4, -0.2) is 34.8 Å². The quantitative estimate of drug-likeness (QED) is 0.576. The number of rotatable bonds is 8. The zero-order valence-electron chi connectivity index (χ0n) is 13.7. The summed E-state index contributed by atoms with van der Waals surface area (Å²) in [5.74, 6) is -0.875. The average molecular weight is 326 g/mol. The lowest BCUT2D eigenvalue weighted by atomic mass is 10.00. The van der Waals surface area contributed by atoms with Crippen molar-refractivity contribution < 1.29 is 14.7 Å².